The average molecular weight is 209 g/mol. The van der Waals surface area contributed by atoms with Crippen LogP contribution in [0.15, 0.2) is 0 Å². The van der Waals surface area contributed by atoms with E-state index in [2.05, 4.69) is 5.32 Å². The molecule has 1 rings (SSSR count). The molecule has 80 valence electrons. The van der Waals surface area contributed by atoms with E-state index >= 15 is 0 Å². The Morgan fingerprint density at radius 3 is 1.85 bits per heavy atom. The van der Waals surface area contributed by atoms with Gasteiger partial charge in [0.15, 0.2) is 0 Å². The maximum absolute atomic E-state index is 9.79. The Bertz CT molecular complexity index is 186. The van der Waals surface area contributed by atoms with Crippen molar-refractivity contribution in [3.63, 3.8) is 0 Å². The van der Waals surface area contributed by atoms with Crippen molar-refractivity contribution in [3.05, 3.63) is 0 Å². The molecule has 1 fully saturated rings. The Hall–Kier alpha value is -0.130. The zero-order valence-electron chi connectivity index (χ0n) is 8.12. The predicted molar refractivity (Wildman–Crippen MR) is 53.4 cm³/mol. The average Bonchev–Trinajstić information content (AvgIpc) is 2.06. The van der Waals surface area contributed by atoms with Gasteiger partial charge in [0.1, 0.15) is 0 Å². The first kappa shape index (κ1) is 12.9. The van der Waals surface area contributed by atoms with E-state index in [0.717, 1.165) is 0 Å². The van der Waals surface area contributed by atoms with Crippen LogP contribution in [0.2, 0.25) is 0 Å². The van der Waals surface area contributed by atoms with Crippen molar-refractivity contribution in [1.82, 2.24) is 5.32 Å². The molecule has 1 aliphatic rings. The van der Waals surface area contributed by atoms with Gasteiger partial charge in [0.25, 0.3) is 10.1 Å². The van der Waals surface area contributed by atoms with E-state index in [1.54, 1.807) is 6.92 Å². The number of hydrogen-bond acceptors (Lipinski definition) is 3. The zero-order valence-corrected chi connectivity index (χ0v) is 8.94. The van der Waals surface area contributed by atoms with Gasteiger partial charge in [-0.05, 0) is 32.4 Å². The Morgan fingerprint density at radius 1 is 1.23 bits per heavy atom. The molecule has 0 unspecified atom stereocenters. The van der Waals surface area contributed by atoms with Crippen molar-refractivity contribution in [3.8, 4) is 0 Å². The standard InChI is InChI=1S/C5H11N.C3H8O3S/c1-2-4-6-5-3-1;1-2-3-7(4,5)6/h6H,1-5H2;2-3H2,1H3,(H,4,5,6). The molecule has 0 saturated carbocycles. The Labute approximate surface area is 80.5 Å². The second-order valence-electron chi connectivity index (χ2n) is 3.10. The lowest BCUT2D eigenvalue weighted by Gasteiger charge is -2.08. The summed E-state index contributed by atoms with van der Waals surface area (Å²) < 4.78 is 27.6. The van der Waals surface area contributed by atoms with Gasteiger partial charge < -0.3 is 5.32 Å². The lowest BCUT2D eigenvalue weighted by molar-refractivity contribution is 0.482. The molecule has 2 N–H and O–H groups in total. The van der Waals surface area contributed by atoms with Gasteiger partial charge in [-0.25, -0.2) is 0 Å². The molecule has 1 aliphatic heterocycles. The van der Waals surface area contributed by atoms with E-state index in [1.807, 2.05) is 0 Å². The number of rotatable bonds is 2. The highest BCUT2D eigenvalue weighted by Crippen LogP contribution is 1.96. The van der Waals surface area contributed by atoms with Gasteiger partial charge in [0.2, 0.25) is 0 Å². The highest BCUT2D eigenvalue weighted by atomic mass is 32.2. The monoisotopic (exact) mass is 209 g/mol. The normalized spacial score (nSPS) is 17.4. The molecule has 4 nitrogen and oxygen atoms in total. The molecule has 0 aromatic carbocycles. The molecule has 0 amide bonds. The van der Waals surface area contributed by atoms with Crippen LogP contribution in [0, 0.1) is 0 Å². The Balaban J connectivity index is 0.000000223. The summed E-state index contributed by atoms with van der Waals surface area (Å²) >= 11 is 0. The number of piperidine rings is 1. The first-order valence-electron chi connectivity index (χ1n) is 4.72. The molecule has 13 heavy (non-hydrogen) atoms. The van der Waals surface area contributed by atoms with Crippen molar-refractivity contribution < 1.29 is 13.0 Å². The fourth-order valence-corrected chi connectivity index (χ4v) is 1.58. The summed E-state index contributed by atoms with van der Waals surface area (Å²) in [4.78, 5) is 0. The third-order valence-corrected chi connectivity index (χ3v) is 2.59. The first-order valence-corrected chi connectivity index (χ1v) is 6.33. The summed E-state index contributed by atoms with van der Waals surface area (Å²) in [5.41, 5.74) is 0. The lowest BCUT2D eigenvalue weighted by atomic mass is 10.2. The molecule has 5 heteroatoms. The highest BCUT2D eigenvalue weighted by molar-refractivity contribution is 7.85. The van der Waals surface area contributed by atoms with Crippen LogP contribution in [0.1, 0.15) is 32.6 Å². The van der Waals surface area contributed by atoms with Gasteiger partial charge in [-0.3, -0.25) is 4.55 Å². The van der Waals surface area contributed by atoms with E-state index < -0.39 is 10.1 Å². The Morgan fingerprint density at radius 2 is 1.77 bits per heavy atom. The fourth-order valence-electron chi connectivity index (χ4n) is 1.06. The minimum Gasteiger partial charge on any atom is -0.317 e. The quantitative estimate of drug-likeness (QED) is 0.667. The summed E-state index contributed by atoms with van der Waals surface area (Å²) in [6, 6.07) is 0. The molecule has 0 spiro atoms. The largest absolute Gasteiger partial charge is 0.317 e. The van der Waals surface area contributed by atoms with Gasteiger partial charge in [-0.15, -0.1) is 0 Å². The van der Waals surface area contributed by atoms with E-state index in [4.69, 9.17) is 4.55 Å². The number of hydrogen-bond donors (Lipinski definition) is 2. The third kappa shape index (κ3) is 11.9. The third-order valence-electron chi connectivity index (χ3n) is 1.67. The molecule has 1 heterocycles. The lowest BCUT2D eigenvalue weighted by Crippen LogP contribution is -2.21. The molecule has 0 bridgehead atoms. The van der Waals surface area contributed by atoms with Crippen LogP contribution in [-0.2, 0) is 10.1 Å². The second kappa shape index (κ2) is 7.29. The summed E-state index contributed by atoms with van der Waals surface area (Å²) in [7, 11) is -3.67. The minimum absolute atomic E-state index is 0.132. The van der Waals surface area contributed by atoms with Gasteiger partial charge in [-0.1, -0.05) is 13.3 Å². The zero-order chi connectivity index (χ0) is 10.2. The summed E-state index contributed by atoms with van der Waals surface area (Å²) in [6.45, 7) is 4.19. The fraction of sp³-hybridized carbons (Fsp3) is 1.00. The SMILES string of the molecule is C1CCNCC1.CCCS(=O)(=O)O. The van der Waals surface area contributed by atoms with Crippen LogP contribution < -0.4 is 5.32 Å². The van der Waals surface area contributed by atoms with Crippen LogP contribution in [0.4, 0.5) is 0 Å². The van der Waals surface area contributed by atoms with E-state index in [1.165, 1.54) is 32.4 Å². The summed E-state index contributed by atoms with van der Waals surface area (Å²) in [5, 5.41) is 3.28. The van der Waals surface area contributed by atoms with Crippen LogP contribution in [0.25, 0.3) is 0 Å². The van der Waals surface area contributed by atoms with E-state index in [0.29, 0.717) is 6.42 Å². The molecule has 0 aromatic rings. The van der Waals surface area contributed by atoms with Gasteiger partial charge in [-0.2, -0.15) is 8.42 Å². The van der Waals surface area contributed by atoms with Crippen LogP contribution >= 0.6 is 0 Å². The number of nitrogens with one attached hydrogen (secondary N) is 1. The molecule has 0 aliphatic carbocycles. The van der Waals surface area contributed by atoms with Gasteiger partial charge in [0.05, 0.1) is 5.75 Å². The highest BCUT2D eigenvalue weighted by Gasteiger charge is 1.98. The summed E-state index contributed by atoms with van der Waals surface area (Å²) in [5.74, 6) is -0.132. The minimum atomic E-state index is -3.67. The van der Waals surface area contributed by atoms with Crippen molar-refractivity contribution in [2.45, 2.75) is 32.6 Å². The smallest absolute Gasteiger partial charge is 0.264 e. The predicted octanol–water partition coefficient (Wildman–Crippen LogP) is 1.04. The molecule has 0 atom stereocenters. The van der Waals surface area contributed by atoms with Crippen LogP contribution in [0.3, 0.4) is 0 Å². The molecular formula is C8H19NO3S. The maximum atomic E-state index is 9.79. The van der Waals surface area contributed by atoms with Crippen LogP contribution in [0.5, 0.6) is 0 Å². The van der Waals surface area contributed by atoms with Crippen molar-refractivity contribution in [2.75, 3.05) is 18.8 Å². The topological polar surface area (TPSA) is 66.4 Å². The summed E-state index contributed by atoms with van der Waals surface area (Å²) in [6.07, 6.45) is 4.69. The van der Waals surface area contributed by atoms with E-state index in [-0.39, 0.29) is 5.75 Å². The van der Waals surface area contributed by atoms with Crippen molar-refractivity contribution in [1.29, 1.82) is 0 Å². The molecule has 0 radical (unpaired) electrons. The van der Waals surface area contributed by atoms with Gasteiger partial charge in [0, 0.05) is 0 Å². The van der Waals surface area contributed by atoms with Crippen molar-refractivity contribution >= 4 is 10.1 Å². The van der Waals surface area contributed by atoms with Gasteiger partial charge >= 0.3 is 0 Å². The molecule has 0 aromatic heterocycles. The van der Waals surface area contributed by atoms with Crippen LogP contribution in [-0.4, -0.2) is 31.8 Å². The molecule has 1 saturated heterocycles. The maximum Gasteiger partial charge on any atom is 0.264 e. The Kier molecular flexibility index (Phi) is 7.22. The molecular weight excluding hydrogens is 190 g/mol. The van der Waals surface area contributed by atoms with E-state index in [9.17, 15) is 8.42 Å². The first-order chi connectivity index (χ1) is 6.06. The second-order valence-corrected chi connectivity index (χ2v) is 4.67. The van der Waals surface area contributed by atoms with Crippen molar-refractivity contribution in [2.24, 2.45) is 0 Å².